The molecule has 0 atom stereocenters. The third kappa shape index (κ3) is 17.4. The number of carbonyl (C=O) groups excluding carboxylic acids is 2. The molecule has 1 aliphatic heterocycles. The molecule has 0 bridgehead atoms. The molecule has 212 valence electrons. The third-order valence-corrected chi connectivity index (χ3v) is 5.50. The van der Waals surface area contributed by atoms with Gasteiger partial charge in [-0.15, -0.1) is 0 Å². The lowest BCUT2D eigenvalue weighted by molar-refractivity contribution is -0.140. The number of nitrogens with one attached hydrogen (secondary N) is 1. The molecule has 0 spiro atoms. The molecule has 0 aliphatic carbocycles. The van der Waals surface area contributed by atoms with Gasteiger partial charge in [0.05, 0.1) is 46.0 Å². The van der Waals surface area contributed by atoms with Crippen LogP contribution >= 0.6 is 0 Å². The highest BCUT2D eigenvalue weighted by Gasteiger charge is 2.21. The standard InChI is InChI=1S/C22H39N5O10/c28-10-12-37-14-13-36-11-1-23-19(29)15-24-2-4-25(16-20(30)31)6-8-27(18-22(34)35)9-7-26(5-3-24)17-21(32)33/h10H,1-9,11-18H2,(H,23,29)(H,30,31)(H,32,33)(H,34,35). The lowest BCUT2D eigenvalue weighted by Crippen LogP contribution is -2.50. The van der Waals surface area contributed by atoms with Gasteiger partial charge >= 0.3 is 17.9 Å². The van der Waals surface area contributed by atoms with Gasteiger partial charge < -0.3 is 34.9 Å². The van der Waals surface area contributed by atoms with E-state index in [4.69, 9.17) is 9.47 Å². The zero-order chi connectivity index (χ0) is 27.5. The second kappa shape index (κ2) is 19.4. The van der Waals surface area contributed by atoms with E-state index >= 15 is 0 Å². The molecular formula is C22H39N5O10. The van der Waals surface area contributed by atoms with Gasteiger partial charge in [-0.2, -0.15) is 0 Å². The Bertz CT molecular complexity index is 694. The van der Waals surface area contributed by atoms with E-state index in [1.165, 1.54) is 0 Å². The zero-order valence-electron chi connectivity index (χ0n) is 21.1. The molecule has 37 heavy (non-hydrogen) atoms. The van der Waals surface area contributed by atoms with E-state index in [-0.39, 0.29) is 58.5 Å². The Morgan fingerprint density at radius 1 is 0.622 bits per heavy atom. The Kier molecular flexibility index (Phi) is 17.0. The molecule has 4 N–H and O–H groups in total. The maximum absolute atomic E-state index is 12.5. The lowest BCUT2D eigenvalue weighted by Gasteiger charge is -2.32. The van der Waals surface area contributed by atoms with Gasteiger partial charge in [0, 0.05) is 58.9 Å². The summed E-state index contributed by atoms with van der Waals surface area (Å²) in [5.41, 5.74) is 0. The smallest absolute Gasteiger partial charge is 0.317 e. The average Bonchev–Trinajstić information content (AvgIpc) is 2.81. The van der Waals surface area contributed by atoms with Gasteiger partial charge in [0.2, 0.25) is 5.91 Å². The minimum Gasteiger partial charge on any atom is -0.480 e. The molecule has 0 aromatic rings. The number of aliphatic carboxylic acids is 3. The van der Waals surface area contributed by atoms with Gasteiger partial charge in [0.15, 0.2) is 0 Å². The summed E-state index contributed by atoms with van der Waals surface area (Å²) in [6.45, 7) is 3.11. The first-order valence-corrected chi connectivity index (χ1v) is 12.1. The number of hydrogen-bond donors (Lipinski definition) is 4. The van der Waals surface area contributed by atoms with Crippen LogP contribution in [0.1, 0.15) is 0 Å². The minimum absolute atomic E-state index is 0.00427. The molecule has 1 rings (SSSR count). The van der Waals surface area contributed by atoms with Crippen molar-refractivity contribution in [2.45, 2.75) is 0 Å². The highest BCUT2D eigenvalue weighted by molar-refractivity contribution is 5.78. The van der Waals surface area contributed by atoms with Gasteiger partial charge in [-0.3, -0.25) is 38.8 Å². The second-order valence-corrected chi connectivity index (χ2v) is 8.49. The molecule has 0 aromatic heterocycles. The van der Waals surface area contributed by atoms with Crippen LogP contribution in [0, 0.1) is 0 Å². The number of hydrogen-bond acceptors (Lipinski definition) is 11. The summed E-state index contributed by atoms with van der Waals surface area (Å²) in [7, 11) is 0. The SMILES string of the molecule is O=CCOCCOCCNC(=O)CN1CCN(CC(=O)O)CCN(CC(=O)O)CCN(CC(=O)O)CC1. The van der Waals surface area contributed by atoms with Gasteiger partial charge in [-0.1, -0.05) is 0 Å². The van der Waals surface area contributed by atoms with E-state index < -0.39 is 17.9 Å². The fourth-order valence-corrected chi connectivity index (χ4v) is 3.66. The van der Waals surface area contributed by atoms with Crippen molar-refractivity contribution in [1.82, 2.24) is 24.9 Å². The highest BCUT2D eigenvalue weighted by atomic mass is 16.5. The number of nitrogens with zero attached hydrogens (tertiary/aromatic N) is 4. The number of ether oxygens (including phenoxy) is 2. The topological polar surface area (TPSA) is 189 Å². The molecular weight excluding hydrogens is 494 g/mol. The predicted molar refractivity (Wildman–Crippen MR) is 129 cm³/mol. The number of aldehydes is 1. The normalized spacial score (nSPS) is 17.4. The van der Waals surface area contributed by atoms with Gasteiger partial charge in [0.1, 0.15) is 12.9 Å². The molecule has 0 radical (unpaired) electrons. The summed E-state index contributed by atoms with van der Waals surface area (Å²) in [5.74, 6) is -3.29. The Labute approximate surface area is 215 Å². The first-order chi connectivity index (χ1) is 17.7. The quantitative estimate of drug-likeness (QED) is 0.115. The molecule has 1 amide bonds. The van der Waals surface area contributed by atoms with Gasteiger partial charge in [-0.25, -0.2) is 0 Å². The molecule has 1 saturated heterocycles. The van der Waals surface area contributed by atoms with Crippen LogP contribution < -0.4 is 5.32 Å². The van der Waals surface area contributed by atoms with Crippen LogP contribution in [0.4, 0.5) is 0 Å². The second-order valence-electron chi connectivity index (χ2n) is 8.49. The minimum atomic E-state index is -1.02. The van der Waals surface area contributed by atoms with Crippen molar-refractivity contribution in [3.05, 3.63) is 0 Å². The molecule has 0 saturated carbocycles. The summed E-state index contributed by atoms with van der Waals surface area (Å²) >= 11 is 0. The van der Waals surface area contributed by atoms with Crippen LogP contribution in [0.15, 0.2) is 0 Å². The summed E-state index contributed by atoms with van der Waals surface area (Å²) in [5, 5.41) is 30.5. The fraction of sp³-hybridized carbons (Fsp3) is 0.773. The van der Waals surface area contributed by atoms with Crippen LogP contribution in [0.25, 0.3) is 0 Å². The number of carbonyl (C=O) groups is 5. The fourth-order valence-electron chi connectivity index (χ4n) is 3.66. The Balaban J connectivity index is 2.71. The largest absolute Gasteiger partial charge is 0.480 e. The third-order valence-electron chi connectivity index (χ3n) is 5.50. The Hall–Kier alpha value is -2.69. The van der Waals surface area contributed by atoms with Crippen molar-refractivity contribution in [3.63, 3.8) is 0 Å². The maximum Gasteiger partial charge on any atom is 0.317 e. The van der Waals surface area contributed by atoms with E-state index in [0.29, 0.717) is 65.3 Å². The summed E-state index contributed by atoms with van der Waals surface area (Å²) in [6, 6.07) is 0. The molecule has 0 aromatic carbocycles. The summed E-state index contributed by atoms with van der Waals surface area (Å²) in [4.78, 5) is 63.4. The van der Waals surface area contributed by atoms with Crippen molar-refractivity contribution >= 4 is 30.1 Å². The van der Waals surface area contributed by atoms with E-state index in [1.54, 1.807) is 14.7 Å². The summed E-state index contributed by atoms with van der Waals surface area (Å²) < 4.78 is 10.3. The van der Waals surface area contributed by atoms with E-state index in [0.717, 1.165) is 0 Å². The predicted octanol–water partition coefficient (Wildman–Crippen LogP) is -3.19. The van der Waals surface area contributed by atoms with E-state index in [9.17, 15) is 39.3 Å². The molecule has 15 nitrogen and oxygen atoms in total. The summed E-state index contributed by atoms with van der Waals surface area (Å²) in [6.07, 6.45) is 0.647. The number of carboxylic acid groups (broad SMARTS) is 3. The van der Waals surface area contributed by atoms with Crippen LogP contribution in [0.5, 0.6) is 0 Å². The van der Waals surface area contributed by atoms with Gasteiger partial charge in [0.25, 0.3) is 0 Å². The zero-order valence-corrected chi connectivity index (χ0v) is 21.1. The molecule has 1 heterocycles. The molecule has 0 unspecified atom stereocenters. The molecule has 15 heteroatoms. The van der Waals surface area contributed by atoms with Crippen LogP contribution in [0.3, 0.4) is 0 Å². The lowest BCUT2D eigenvalue weighted by atomic mass is 10.3. The number of carboxylic acids is 3. The van der Waals surface area contributed by atoms with Crippen LogP contribution in [-0.2, 0) is 33.4 Å². The molecule has 1 fully saturated rings. The van der Waals surface area contributed by atoms with Gasteiger partial charge in [-0.05, 0) is 0 Å². The first-order valence-electron chi connectivity index (χ1n) is 12.1. The first kappa shape index (κ1) is 32.3. The highest BCUT2D eigenvalue weighted by Crippen LogP contribution is 2.01. The Morgan fingerprint density at radius 2 is 1.00 bits per heavy atom. The number of amides is 1. The van der Waals surface area contributed by atoms with Crippen molar-refractivity contribution in [1.29, 1.82) is 0 Å². The van der Waals surface area contributed by atoms with Crippen LogP contribution in [-0.4, -0.2) is 177 Å². The van der Waals surface area contributed by atoms with Crippen molar-refractivity contribution in [2.75, 3.05) is 112 Å². The van der Waals surface area contributed by atoms with Crippen molar-refractivity contribution < 1.29 is 48.8 Å². The van der Waals surface area contributed by atoms with Crippen molar-refractivity contribution in [3.8, 4) is 0 Å². The van der Waals surface area contributed by atoms with E-state index in [1.807, 2.05) is 4.90 Å². The molecule has 1 aliphatic rings. The monoisotopic (exact) mass is 533 g/mol. The Morgan fingerprint density at radius 3 is 1.38 bits per heavy atom. The van der Waals surface area contributed by atoms with Crippen molar-refractivity contribution in [2.24, 2.45) is 0 Å². The average molecular weight is 534 g/mol. The number of rotatable bonds is 16. The van der Waals surface area contributed by atoms with Crippen LogP contribution in [0.2, 0.25) is 0 Å². The maximum atomic E-state index is 12.5. The van der Waals surface area contributed by atoms with E-state index in [2.05, 4.69) is 5.32 Å².